The van der Waals surface area contributed by atoms with Gasteiger partial charge in [0.25, 0.3) is 0 Å². The fraction of sp³-hybridized carbons (Fsp3) is 0.500. The Balaban J connectivity index is 2.33. The molecule has 0 saturated heterocycles. The minimum Gasteiger partial charge on any atom is -0.465 e. The molecule has 0 spiro atoms. The van der Waals surface area contributed by atoms with Crippen molar-refractivity contribution in [3.05, 3.63) is 35.9 Å². The zero-order chi connectivity index (χ0) is 16.6. The highest BCUT2D eigenvalue weighted by molar-refractivity contribution is 5.68. The van der Waals surface area contributed by atoms with Crippen LogP contribution in [0.3, 0.4) is 0 Å². The summed E-state index contributed by atoms with van der Waals surface area (Å²) in [6, 6.07) is 9.62. The first-order chi connectivity index (χ1) is 10.3. The molecule has 6 heteroatoms. The summed E-state index contributed by atoms with van der Waals surface area (Å²) in [5, 5.41) is 13.4. The van der Waals surface area contributed by atoms with Gasteiger partial charge >= 0.3 is 12.2 Å². The Morgan fingerprint density at radius 3 is 2.50 bits per heavy atom. The highest BCUT2D eigenvalue weighted by Gasteiger charge is 2.23. The van der Waals surface area contributed by atoms with Crippen molar-refractivity contribution in [2.45, 2.75) is 45.3 Å². The van der Waals surface area contributed by atoms with Gasteiger partial charge in [0.15, 0.2) is 0 Å². The molecular weight excluding hydrogens is 284 g/mol. The van der Waals surface area contributed by atoms with Crippen molar-refractivity contribution in [2.24, 2.45) is 0 Å². The van der Waals surface area contributed by atoms with Gasteiger partial charge in [0.05, 0.1) is 0 Å². The highest BCUT2D eigenvalue weighted by Crippen LogP contribution is 2.18. The molecule has 2 amide bonds. The van der Waals surface area contributed by atoms with E-state index in [1.54, 1.807) is 6.92 Å². The molecule has 6 nitrogen and oxygen atoms in total. The summed E-state index contributed by atoms with van der Waals surface area (Å²) in [5.41, 5.74) is 0.600. The van der Waals surface area contributed by atoms with E-state index in [1.807, 2.05) is 44.2 Å². The van der Waals surface area contributed by atoms with Crippen LogP contribution >= 0.6 is 0 Å². The number of amides is 2. The molecule has 1 aromatic carbocycles. The largest absolute Gasteiger partial charge is 0.465 e. The number of carboxylic acid groups (broad SMARTS) is 1. The number of alkyl carbamates (subject to hydrolysis) is 1. The maximum absolute atomic E-state index is 11.8. The van der Waals surface area contributed by atoms with Crippen molar-refractivity contribution >= 4 is 12.2 Å². The van der Waals surface area contributed by atoms with E-state index in [2.05, 4.69) is 10.6 Å². The smallest absolute Gasteiger partial charge is 0.407 e. The molecule has 3 N–H and O–H groups in total. The summed E-state index contributed by atoms with van der Waals surface area (Å²) in [5.74, 6) is 0. The van der Waals surface area contributed by atoms with E-state index < -0.39 is 17.8 Å². The number of carbonyl (C=O) groups excluding carboxylic acids is 1. The van der Waals surface area contributed by atoms with Crippen LogP contribution in [-0.2, 0) is 11.2 Å². The summed E-state index contributed by atoms with van der Waals surface area (Å²) in [4.78, 5) is 22.2. The number of benzene rings is 1. The van der Waals surface area contributed by atoms with Crippen LogP contribution in [0.25, 0.3) is 0 Å². The Kier molecular flexibility index (Phi) is 6.69. The second-order valence-electron chi connectivity index (χ2n) is 5.87. The quantitative estimate of drug-likeness (QED) is 0.723. The molecule has 1 atom stereocenters. The van der Waals surface area contributed by atoms with Gasteiger partial charge in [0.2, 0.25) is 0 Å². The molecule has 0 aromatic heterocycles. The van der Waals surface area contributed by atoms with Gasteiger partial charge in [-0.3, -0.25) is 0 Å². The van der Waals surface area contributed by atoms with Crippen molar-refractivity contribution in [3.63, 3.8) is 0 Å². The van der Waals surface area contributed by atoms with Gasteiger partial charge in [-0.2, -0.15) is 0 Å². The molecule has 0 fully saturated rings. The molecular formula is C16H24N2O4. The number of hydrogen-bond acceptors (Lipinski definition) is 3. The van der Waals surface area contributed by atoms with Crippen LogP contribution in [0.4, 0.5) is 9.59 Å². The number of ether oxygens (including phenoxy) is 1. The average Bonchev–Trinajstić information content (AvgIpc) is 2.43. The number of hydrogen-bond donors (Lipinski definition) is 3. The predicted octanol–water partition coefficient (Wildman–Crippen LogP) is 2.78. The van der Waals surface area contributed by atoms with E-state index >= 15 is 0 Å². The minimum atomic E-state index is -1.12. The Bertz CT molecular complexity index is 488. The first-order valence-corrected chi connectivity index (χ1v) is 7.29. The molecule has 1 aromatic rings. The van der Waals surface area contributed by atoms with Gasteiger partial charge in [0, 0.05) is 12.6 Å². The maximum Gasteiger partial charge on any atom is 0.407 e. The molecule has 0 heterocycles. The molecule has 0 saturated carbocycles. The van der Waals surface area contributed by atoms with Gasteiger partial charge in [0.1, 0.15) is 5.60 Å². The highest BCUT2D eigenvalue weighted by atomic mass is 16.6. The SMILES string of the molecule is C[C@H](CNC(=O)OC(C)(C)CCc1ccccc1)NC(=O)O. The second kappa shape index (κ2) is 8.26. The number of nitrogens with one attached hydrogen (secondary N) is 2. The van der Waals surface area contributed by atoms with Crippen molar-refractivity contribution in [1.82, 2.24) is 10.6 Å². The topological polar surface area (TPSA) is 87.7 Å². The van der Waals surface area contributed by atoms with Crippen LogP contribution in [-0.4, -0.2) is 35.5 Å². The van der Waals surface area contributed by atoms with Crippen molar-refractivity contribution in [1.29, 1.82) is 0 Å². The van der Waals surface area contributed by atoms with Gasteiger partial charge in [-0.15, -0.1) is 0 Å². The first-order valence-electron chi connectivity index (χ1n) is 7.29. The van der Waals surface area contributed by atoms with Crippen molar-refractivity contribution in [2.75, 3.05) is 6.54 Å². The van der Waals surface area contributed by atoms with Crippen LogP contribution in [0.5, 0.6) is 0 Å². The summed E-state index contributed by atoms with van der Waals surface area (Å²) in [7, 11) is 0. The lowest BCUT2D eigenvalue weighted by Crippen LogP contribution is -2.43. The molecule has 1 rings (SSSR count). The fourth-order valence-electron chi connectivity index (χ4n) is 1.93. The van der Waals surface area contributed by atoms with Crippen LogP contribution in [0.1, 0.15) is 32.8 Å². The third-order valence-corrected chi connectivity index (χ3v) is 3.15. The fourth-order valence-corrected chi connectivity index (χ4v) is 1.93. The zero-order valence-corrected chi connectivity index (χ0v) is 13.3. The molecule has 0 aliphatic rings. The third kappa shape index (κ3) is 7.52. The van der Waals surface area contributed by atoms with Gasteiger partial charge in [-0.1, -0.05) is 30.3 Å². The molecule has 0 radical (unpaired) electrons. The van der Waals surface area contributed by atoms with Gasteiger partial charge in [-0.05, 0) is 39.2 Å². The van der Waals surface area contributed by atoms with Gasteiger partial charge < -0.3 is 20.5 Å². The summed E-state index contributed by atoms with van der Waals surface area (Å²) in [6.45, 7) is 5.55. The van der Waals surface area contributed by atoms with Crippen LogP contribution in [0.2, 0.25) is 0 Å². The van der Waals surface area contributed by atoms with Crippen molar-refractivity contribution in [3.8, 4) is 0 Å². The summed E-state index contributed by atoms with van der Waals surface area (Å²) < 4.78 is 5.39. The first kappa shape index (κ1) is 17.8. The monoisotopic (exact) mass is 308 g/mol. The Morgan fingerprint density at radius 1 is 1.27 bits per heavy atom. The summed E-state index contributed by atoms with van der Waals surface area (Å²) in [6.07, 6.45) is -0.145. The van der Waals surface area contributed by atoms with Crippen LogP contribution in [0.15, 0.2) is 30.3 Å². The molecule has 0 aliphatic heterocycles. The normalized spacial score (nSPS) is 12.3. The molecule has 0 unspecified atom stereocenters. The molecule has 0 aliphatic carbocycles. The Morgan fingerprint density at radius 2 is 1.91 bits per heavy atom. The van der Waals surface area contributed by atoms with E-state index in [4.69, 9.17) is 9.84 Å². The lowest BCUT2D eigenvalue weighted by Gasteiger charge is -2.25. The van der Waals surface area contributed by atoms with Crippen LogP contribution in [0, 0.1) is 0 Å². The number of aryl methyl sites for hydroxylation is 1. The Hall–Kier alpha value is -2.24. The average molecular weight is 308 g/mol. The van der Waals surface area contributed by atoms with E-state index in [0.717, 1.165) is 6.42 Å². The lowest BCUT2D eigenvalue weighted by molar-refractivity contribution is 0.0326. The summed E-state index contributed by atoms with van der Waals surface area (Å²) >= 11 is 0. The molecule has 122 valence electrons. The van der Waals surface area contributed by atoms with E-state index in [1.165, 1.54) is 5.56 Å². The van der Waals surface area contributed by atoms with Crippen LogP contribution < -0.4 is 10.6 Å². The van der Waals surface area contributed by atoms with Gasteiger partial charge in [-0.25, -0.2) is 9.59 Å². The van der Waals surface area contributed by atoms with E-state index in [0.29, 0.717) is 6.42 Å². The number of carbonyl (C=O) groups is 2. The Labute approximate surface area is 130 Å². The van der Waals surface area contributed by atoms with E-state index in [-0.39, 0.29) is 12.6 Å². The zero-order valence-electron chi connectivity index (χ0n) is 13.3. The third-order valence-electron chi connectivity index (χ3n) is 3.15. The molecule has 0 bridgehead atoms. The maximum atomic E-state index is 11.8. The standard InChI is InChI=1S/C16H24N2O4/c1-12(18-14(19)20)11-17-15(21)22-16(2,3)10-9-13-7-5-4-6-8-13/h4-8,12,18H,9-11H2,1-3H3,(H,17,21)(H,19,20)/t12-/m1/s1. The number of rotatable bonds is 7. The molecule has 22 heavy (non-hydrogen) atoms. The minimum absolute atomic E-state index is 0.180. The second-order valence-corrected chi connectivity index (χ2v) is 5.87. The van der Waals surface area contributed by atoms with Crippen molar-refractivity contribution < 1.29 is 19.4 Å². The lowest BCUT2D eigenvalue weighted by atomic mass is 9.99. The van der Waals surface area contributed by atoms with E-state index in [9.17, 15) is 9.59 Å². The predicted molar refractivity (Wildman–Crippen MR) is 83.9 cm³/mol.